The van der Waals surface area contributed by atoms with E-state index in [-0.39, 0.29) is 10.5 Å². The van der Waals surface area contributed by atoms with Gasteiger partial charge in [0.25, 0.3) is 0 Å². The predicted octanol–water partition coefficient (Wildman–Crippen LogP) is 1.17. The number of sulfonamides is 1. The first-order chi connectivity index (χ1) is 11.3. The van der Waals surface area contributed by atoms with E-state index in [0.29, 0.717) is 31.9 Å². The Balaban J connectivity index is 2.53. The molecule has 0 radical (unpaired) electrons. The molecular formula is C16H25N3O4S. The van der Waals surface area contributed by atoms with Crippen LogP contribution in [0, 0.1) is 0 Å². The lowest BCUT2D eigenvalue weighted by molar-refractivity contribution is 0.0696. The van der Waals surface area contributed by atoms with E-state index in [9.17, 15) is 18.3 Å². The predicted molar refractivity (Wildman–Crippen MR) is 93.2 cm³/mol. The topological polar surface area (TPSA) is 81.2 Å². The first kappa shape index (κ1) is 18.7. The number of anilines is 1. The standard InChI is InChI=1S/C16H25N3O4S/c1-4-19(5-2)24(22,23)15-12-13(16(20)21)6-7-14(15)18-10-8-17(3)9-11-18/h6-7,12H,4-5,8-11H2,1-3H3,(H,20,21). The summed E-state index contributed by atoms with van der Waals surface area (Å²) in [5.41, 5.74) is 0.568. The van der Waals surface area contributed by atoms with Crippen LogP contribution in [0.3, 0.4) is 0 Å². The van der Waals surface area contributed by atoms with Crippen LogP contribution in [-0.4, -0.2) is 75.0 Å². The summed E-state index contributed by atoms with van der Waals surface area (Å²) in [6.45, 7) is 7.34. The maximum absolute atomic E-state index is 13.0. The van der Waals surface area contributed by atoms with Gasteiger partial charge >= 0.3 is 5.97 Å². The molecule has 1 aliphatic heterocycles. The highest BCUT2D eigenvalue weighted by molar-refractivity contribution is 7.89. The Hall–Kier alpha value is -1.64. The smallest absolute Gasteiger partial charge is 0.335 e. The van der Waals surface area contributed by atoms with Gasteiger partial charge < -0.3 is 14.9 Å². The third-order valence-electron chi connectivity index (χ3n) is 4.37. The highest BCUT2D eigenvalue weighted by Gasteiger charge is 2.29. The minimum atomic E-state index is -3.74. The number of carbonyl (C=O) groups is 1. The molecule has 7 nitrogen and oxygen atoms in total. The lowest BCUT2D eigenvalue weighted by Crippen LogP contribution is -2.45. The van der Waals surface area contributed by atoms with Gasteiger partial charge in [0.2, 0.25) is 10.0 Å². The second kappa shape index (κ2) is 7.50. The fraction of sp³-hybridized carbons (Fsp3) is 0.562. The molecule has 0 aromatic heterocycles. The van der Waals surface area contributed by atoms with Crippen LogP contribution in [0.15, 0.2) is 23.1 Å². The van der Waals surface area contributed by atoms with Crippen molar-refractivity contribution >= 4 is 21.7 Å². The molecule has 8 heteroatoms. The number of hydrogen-bond acceptors (Lipinski definition) is 5. The van der Waals surface area contributed by atoms with Crippen molar-refractivity contribution in [1.29, 1.82) is 0 Å². The molecule has 1 heterocycles. The summed E-state index contributed by atoms with van der Waals surface area (Å²) in [7, 11) is -1.71. The van der Waals surface area contributed by atoms with Crippen molar-refractivity contribution in [2.45, 2.75) is 18.7 Å². The molecule has 1 aromatic rings. The minimum Gasteiger partial charge on any atom is -0.478 e. The Bertz CT molecular complexity index is 693. The maximum Gasteiger partial charge on any atom is 0.335 e. The highest BCUT2D eigenvalue weighted by atomic mass is 32.2. The van der Waals surface area contributed by atoms with Crippen molar-refractivity contribution in [3.8, 4) is 0 Å². The van der Waals surface area contributed by atoms with E-state index in [2.05, 4.69) is 4.90 Å². The summed E-state index contributed by atoms with van der Waals surface area (Å²) < 4.78 is 27.3. The van der Waals surface area contributed by atoms with Crippen molar-refractivity contribution in [3.05, 3.63) is 23.8 Å². The molecule has 0 spiro atoms. The molecule has 0 amide bonds. The van der Waals surface area contributed by atoms with Crippen molar-refractivity contribution in [1.82, 2.24) is 9.21 Å². The van der Waals surface area contributed by atoms with E-state index in [1.807, 2.05) is 11.9 Å². The molecule has 134 valence electrons. The molecule has 1 N–H and O–H groups in total. The van der Waals surface area contributed by atoms with Gasteiger partial charge in [0.05, 0.1) is 11.3 Å². The summed E-state index contributed by atoms with van der Waals surface area (Å²) in [5.74, 6) is -1.13. The average molecular weight is 355 g/mol. The van der Waals surface area contributed by atoms with Crippen LogP contribution in [0.5, 0.6) is 0 Å². The first-order valence-corrected chi connectivity index (χ1v) is 9.56. The zero-order valence-electron chi connectivity index (χ0n) is 14.4. The van der Waals surface area contributed by atoms with Gasteiger partial charge in [0.15, 0.2) is 0 Å². The van der Waals surface area contributed by atoms with E-state index in [1.165, 1.54) is 16.4 Å². The molecule has 0 aliphatic carbocycles. The molecule has 24 heavy (non-hydrogen) atoms. The Morgan fingerprint density at radius 1 is 1.17 bits per heavy atom. The van der Waals surface area contributed by atoms with Gasteiger partial charge in [0, 0.05) is 39.3 Å². The van der Waals surface area contributed by atoms with E-state index in [1.54, 1.807) is 19.9 Å². The average Bonchev–Trinajstić information content (AvgIpc) is 2.56. The normalized spacial score (nSPS) is 16.6. The third kappa shape index (κ3) is 3.71. The van der Waals surface area contributed by atoms with Crippen LogP contribution < -0.4 is 4.90 Å². The van der Waals surface area contributed by atoms with E-state index < -0.39 is 16.0 Å². The quantitative estimate of drug-likeness (QED) is 0.825. The fourth-order valence-corrected chi connectivity index (χ4v) is 4.56. The van der Waals surface area contributed by atoms with Crippen molar-refractivity contribution in [2.75, 3.05) is 51.2 Å². The summed E-state index contributed by atoms with van der Waals surface area (Å²) in [6.07, 6.45) is 0. The monoisotopic (exact) mass is 355 g/mol. The Morgan fingerprint density at radius 3 is 2.25 bits per heavy atom. The molecule has 1 fully saturated rings. The van der Waals surface area contributed by atoms with Gasteiger partial charge in [-0.3, -0.25) is 0 Å². The number of likely N-dealkylation sites (N-methyl/N-ethyl adjacent to an activating group) is 1. The Morgan fingerprint density at radius 2 is 1.75 bits per heavy atom. The van der Waals surface area contributed by atoms with Gasteiger partial charge in [-0.2, -0.15) is 4.31 Å². The number of benzene rings is 1. The van der Waals surface area contributed by atoms with Crippen molar-refractivity contribution in [3.63, 3.8) is 0 Å². The van der Waals surface area contributed by atoms with Gasteiger partial charge in [-0.25, -0.2) is 13.2 Å². The molecule has 1 aliphatic rings. The number of nitrogens with zero attached hydrogens (tertiary/aromatic N) is 3. The largest absolute Gasteiger partial charge is 0.478 e. The zero-order valence-corrected chi connectivity index (χ0v) is 15.2. The molecule has 2 rings (SSSR count). The highest BCUT2D eigenvalue weighted by Crippen LogP contribution is 2.30. The Labute approximate surface area is 143 Å². The van der Waals surface area contributed by atoms with E-state index in [4.69, 9.17) is 0 Å². The molecule has 0 atom stereocenters. The van der Waals surface area contributed by atoms with Gasteiger partial charge in [0.1, 0.15) is 4.90 Å². The second-order valence-corrected chi connectivity index (χ2v) is 7.77. The van der Waals surface area contributed by atoms with Gasteiger partial charge in [-0.05, 0) is 25.2 Å². The number of aromatic carboxylic acids is 1. The maximum atomic E-state index is 13.0. The first-order valence-electron chi connectivity index (χ1n) is 8.12. The summed E-state index contributed by atoms with van der Waals surface area (Å²) in [4.78, 5) is 15.6. The third-order valence-corrected chi connectivity index (χ3v) is 6.45. The van der Waals surface area contributed by atoms with Crippen LogP contribution in [0.2, 0.25) is 0 Å². The second-order valence-electron chi connectivity index (χ2n) is 5.87. The van der Waals surface area contributed by atoms with Crippen molar-refractivity contribution < 1.29 is 18.3 Å². The van der Waals surface area contributed by atoms with E-state index in [0.717, 1.165) is 13.1 Å². The summed E-state index contributed by atoms with van der Waals surface area (Å²) in [6, 6.07) is 4.37. The number of hydrogen-bond donors (Lipinski definition) is 1. The summed E-state index contributed by atoms with van der Waals surface area (Å²) in [5, 5.41) is 9.24. The number of piperazine rings is 1. The molecule has 1 aromatic carbocycles. The van der Waals surface area contributed by atoms with Crippen LogP contribution in [0.4, 0.5) is 5.69 Å². The van der Waals surface area contributed by atoms with Gasteiger partial charge in [-0.15, -0.1) is 0 Å². The lowest BCUT2D eigenvalue weighted by atomic mass is 10.2. The number of carboxylic acid groups (broad SMARTS) is 1. The van der Waals surface area contributed by atoms with Gasteiger partial charge in [-0.1, -0.05) is 13.8 Å². The molecular weight excluding hydrogens is 330 g/mol. The molecule has 0 bridgehead atoms. The van der Waals surface area contributed by atoms with Crippen LogP contribution in [0.25, 0.3) is 0 Å². The molecule has 0 saturated carbocycles. The van der Waals surface area contributed by atoms with Crippen LogP contribution in [-0.2, 0) is 10.0 Å². The van der Waals surface area contributed by atoms with E-state index >= 15 is 0 Å². The van der Waals surface area contributed by atoms with Crippen LogP contribution in [0.1, 0.15) is 24.2 Å². The minimum absolute atomic E-state index is 0.0152. The SMILES string of the molecule is CCN(CC)S(=O)(=O)c1cc(C(=O)O)ccc1N1CCN(C)CC1. The Kier molecular flexibility index (Phi) is 5.84. The molecule has 1 saturated heterocycles. The molecule has 0 unspecified atom stereocenters. The lowest BCUT2D eigenvalue weighted by Gasteiger charge is -2.35. The number of carboxylic acids is 1. The fourth-order valence-electron chi connectivity index (χ4n) is 2.86. The van der Waals surface area contributed by atoms with Crippen LogP contribution >= 0.6 is 0 Å². The summed E-state index contributed by atoms with van der Waals surface area (Å²) >= 11 is 0. The van der Waals surface area contributed by atoms with Crippen molar-refractivity contribution in [2.24, 2.45) is 0 Å². The number of rotatable bonds is 6. The zero-order chi connectivity index (χ0) is 17.9.